The van der Waals surface area contributed by atoms with Gasteiger partial charge in [-0.05, 0) is 32.5 Å². The fraction of sp³-hybridized carbons (Fsp3) is 0.769. The highest BCUT2D eigenvalue weighted by Gasteiger charge is 2.20. The monoisotopic (exact) mass is 302 g/mol. The van der Waals surface area contributed by atoms with Gasteiger partial charge in [-0.25, -0.2) is 9.59 Å². The molecule has 1 atom stereocenters. The number of hydrogen-bond donors (Lipinski definition) is 4. The van der Waals surface area contributed by atoms with Crippen molar-refractivity contribution in [3.8, 4) is 0 Å². The number of urea groups is 1. The van der Waals surface area contributed by atoms with Crippen LogP contribution < -0.4 is 16.4 Å². The van der Waals surface area contributed by atoms with Crippen molar-refractivity contribution in [1.82, 2.24) is 15.5 Å². The van der Waals surface area contributed by atoms with Crippen molar-refractivity contribution >= 4 is 17.9 Å². The lowest BCUT2D eigenvalue weighted by Gasteiger charge is -2.18. The molecule has 5 N–H and O–H groups in total. The molecule has 1 unspecified atom stereocenters. The molecule has 0 rings (SSSR count). The van der Waals surface area contributed by atoms with Crippen molar-refractivity contribution in [2.45, 2.75) is 39.2 Å². The molecule has 21 heavy (non-hydrogen) atoms. The number of amides is 3. The molecule has 0 radical (unpaired) electrons. The van der Waals surface area contributed by atoms with Gasteiger partial charge in [0.2, 0.25) is 5.91 Å². The van der Waals surface area contributed by atoms with E-state index in [9.17, 15) is 14.4 Å². The Hall–Kier alpha value is -1.83. The van der Waals surface area contributed by atoms with Crippen LogP contribution in [0, 0.1) is 0 Å². The van der Waals surface area contributed by atoms with Crippen molar-refractivity contribution in [2.24, 2.45) is 5.73 Å². The summed E-state index contributed by atoms with van der Waals surface area (Å²) < 4.78 is 0. The molecule has 0 aromatic heterocycles. The summed E-state index contributed by atoms with van der Waals surface area (Å²) in [7, 11) is 0. The molecular weight excluding hydrogens is 276 g/mol. The van der Waals surface area contributed by atoms with Crippen LogP contribution in [0.3, 0.4) is 0 Å². The summed E-state index contributed by atoms with van der Waals surface area (Å²) in [6.45, 7) is 7.38. The fourth-order valence-electron chi connectivity index (χ4n) is 1.80. The van der Waals surface area contributed by atoms with E-state index in [-0.39, 0.29) is 12.8 Å². The summed E-state index contributed by atoms with van der Waals surface area (Å²) in [6.07, 6.45) is 0.685. The van der Waals surface area contributed by atoms with E-state index in [1.165, 1.54) is 0 Å². The number of primary amides is 1. The number of nitrogens with zero attached hydrogens (tertiary/aromatic N) is 1. The number of carboxylic acid groups (broad SMARTS) is 1. The molecular formula is C13H26N4O4. The predicted octanol–water partition coefficient (Wildman–Crippen LogP) is -0.264. The minimum absolute atomic E-state index is 0.0163. The van der Waals surface area contributed by atoms with Crippen molar-refractivity contribution in [3.63, 3.8) is 0 Å². The Morgan fingerprint density at radius 1 is 1.24 bits per heavy atom. The van der Waals surface area contributed by atoms with E-state index in [4.69, 9.17) is 10.8 Å². The van der Waals surface area contributed by atoms with E-state index in [1.807, 2.05) is 0 Å². The van der Waals surface area contributed by atoms with Crippen LogP contribution in [0.25, 0.3) is 0 Å². The number of nitrogens with one attached hydrogen (secondary N) is 2. The number of rotatable bonds is 11. The second-order valence-corrected chi connectivity index (χ2v) is 4.68. The van der Waals surface area contributed by atoms with E-state index in [0.29, 0.717) is 6.54 Å². The van der Waals surface area contributed by atoms with Crippen LogP contribution in [0.1, 0.15) is 33.1 Å². The predicted molar refractivity (Wildman–Crippen MR) is 78.8 cm³/mol. The maximum Gasteiger partial charge on any atom is 0.326 e. The maximum atomic E-state index is 11.6. The highest BCUT2D eigenvalue weighted by atomic mass is 16.4. The lowest BCUT2D eigenvalue weighted by atomic mass is 10.1. The first kappa shape index (κ1) is 19.2. The van der Waals surface area contributed by atoms with Crippen LogP contribution in [0.5, 0.6) is 0 Å². The number of nitrogens with two attached hydrogens (primary N) is 1. The average molecular weight is 302 g/mol. The number of hydrogen-bond acceptors (Lipinski definition) is 4. The van der Waals surface area contributed by atoms with E-state index >= 15 is 0 Å². The average Bonchev–Trinajstić information content (AvgIpc) is 2.43. The molecule has 0 aromatic carbocycles. The molecule has 122 valence electrons. The molecule has 3 amide bonds. The zero-order chi connectivity index (χ0) is 16.3. The zero-order valence-corrected chi connectivity index (χ0v) is 12.7. The van der Waals surface area contributed by atoms with Crippen LogP contribution in [-0.2, 0) is 9.59 Å². The summed E-state index contributed by atoms with van der Waals surface area (Å²) in [6, 6.07) is -1.66. The zero-order valence-electron chi connectivity index (χ0n) is 12.7. The third-order valence-corrected chi connectivity index (χ3v) is 3.11. The highest BCUT2D eigenvalue weighted by molar-refractivity contribution is 5.83. The molecule has 0 aliphatic heterocycles. The molecule has 8 nitrogen and oxygen atoms in total. The Morgan fingerprint density at radius 2 is 1.86 bits per heavy atom. The molecule has 0 aliphatic carbocycles. The van der Waals surface area contributed by atoms with Crippen LogP contribution >= 0.6 is 0 Å². The first-order valence-corrected chi connectivity index (χ1v) is 7.18. The number of carboxylic acids is 1. The standard InChI is InChI=1S/C13H26N4O4/c1-3-17(4-2)9-5-8-15-13(21)16-10(12(19)20)6-7-11(14)18/h10H,3-9H2,1-2H3,(H2,14,18)(H,19,20)(H2,15,16,21). The number of carbonyl (C=O) groups excluding carboxylic acids is 2. The van der Waals surface area contributed by atoms with Gasteiger partial charge in [-0.15, -0.1) is 0 Å². The minimum Gasteiger partial charge on any atom is -0.480 e. The molecule has 0 saturated heterocycles. The van der Waals surface area contributed by atoms with Gasteiger partial charge in [0.25, 0.3) is 0 Å². The molecule has 0 aliphatic rings. The van der Waals surface area contributed by atoms with Gasteiger partial charge >= 0.3 is 12.0 Å². The molecule has 0 heterocycles. The highest BCUT2D eigenvalue weighted by Crippen LogP contribution is 1.97. The van der Waals surface area contributed by atoms with E-state index in [2.05, 4.69) is 29.4 Å². The van der Waals surface area contributed by atoms with Gasteiger partial charge in [-0.1, -0.05) is 13.8 Å². The lowest BCUT2D eigenvalue weighted by Crippen LogP contribution is -2.46. The van der Waals surface area contributed by atoms with Gasteiger partial charge in [0.15, 0.2) is 0 Å². The normalized spacial score (nSPS) is 12.0. The number of carbonyl (C=O) groups is 3. The molecule has 0 saturated carbocycles. The van der Waals surface area contributed by atoms with Gasteiger partial charge < -0.3 is 26.4 Å². The van der Waals surface area contributed by atoms with Crippen LogP contribution in [0.4, 0.5) is 4.79 Å². The number of aliphatic carboxylic acids is 1. The molecule has 0 fully saturated rings. The molecule has 0 spiro atoms. The molecule has 0 aromatic rings. The first-order chi connectivity index (χ1) is 9.90. The smallest absolute Gasteiger partial charge is 0.326 e. The Labute approximate surface area is 125 Å². The van der Waals surface area contributed by atoms with E-state index < -0.39 is 23.9 Å². The van der Waals surface area contributed by atoms with Gasteiger partial charge in [0.1, 0.15) is 6.04 Å². The van der Waals surface area contributed by atoms with Crippen LogP contribution in [-0.4, -0.2) is 60.1 Å². The van der Waals surface area contributed by atoms with Gasteiger partial charge in [-0.2, -0.15) is 0 Å². The second-order valence-electron chi connectivity index (χ2n) is 4.68. The summed E-state index contributed by atoms with van der Waals surface area (Å²) in [5.74, 6) is -1.78. The van der Waals surface area contributed by atoms with Gasteiger partial charge in [0.05, 0.1) is 0 Å². The van der Waals surface area contributed by atoms with Crippen molar-refractivity contribution < 1.29 is 19.5 Å². The third kappa shape index (κ3) is 9.67. The summed E-state index contributed by atoms with van der Waals surface area (Å²) in [5, 5.41) is 13.9. The second kappa shape index (κ2) is 10.9. The van der Waals surface area contributed by atoms with Gasteiger partial charge in [0, 0.05) is 13.0 Å². The van der Waals surface area contributed by atoms with Crippen LogP contribution in [0.2, 0.25) is 0 Å². The molecule has 8 heteroatoms. The largest absolute Gasteiger partial charge is 0.480 e. The Balaban J connectivity index is 3.98. The third-order valence-electron chi connectivity index (χ3n) is 3.11. The quantitative estimate of drug-likeness (QED) is 0.391. The van der Waals surface area contributed by atoms with Gasteiger partial charge in [-0.3, -0.25) is 4.79 Å². The first-order valence-electron chi connectivity index (χ1n) is 7.18. The van der Waals surface area contributed by atoms with Crippen molar-refractivity contribution in [1.29, 1.82) is 0 Å². The fourth-order valence-corrected chi connectivity index (χ4v) is 1.80. The lowest BCUT2D eigenvalue weighted by molar-refractivity contribution is -0.139. The Morgan fingerprint density at radius 3 is 2.33 bits per heavy atom. The van der Waals surface area contributed by atoms with E-state index in [0.717, 1.165) is 26.1 Å². The minimum atomic E-state index is -1.19. The van der Waals surface area contributed by atoms with Crippen molar-refractivity contribution in [2.75, 3.05) is 26.2 Å². The maximum absolute atomic E-state index is 11.6. The Bertz CT molecular complexity index is 345. The van der Waals surface area contributed by atoms with Crippen LogP contribution in [0.15, 0.2) is 0 Å². The summed E-state index contributed by atoms with van der Waals surface area (Å²) in [5.41, 5.74) is 4.96. The summed E-state index contributed by atoms with van der Waals surface area (Å²) >= 11 is 0. The topological polar surface area (TPSA) is 125 Å². The molecule has 0 bridgehead atoms. The summed E-state index contributed by atoms with van der Waals surface area (Å²) in [4.78, 5) is 35.4. The Kier molecular flexibility index (Phi) is 9.95. The van der Waals surface area contributed by atoms with E-state index in [1.54, 1.807) is 0 Å². The SMILES string of the molecule is CCN(CC)CCCNC(=O)NC(CCC(N)=O)C(=O)O. The van der Waals surface area contributed by atoms with Crippen molar-refractivity contribution in [3.05, 3.63) is 0 Å².